The molecule has 0 spiro atoms. The fourth-order valence-electron chi connectivity index (χ4n) is 2.35. The Balaban J connectivity index is 1.68. The van der Waals surface area contributed by atoms with Crippen LogP contribution in [-0.4, -0.2) is 27.3 Å². The first kappa shape index (κ1) is 11.0. The normalized spacial score (nSPS) is 14.3. The molecule has 0 aliphatic carbocycles. The quantitative estimate of drug-likeness (QED) is 0.867. The lowest BCUT2D eigenvalue weighted by Crippen LogP contribution is -2.36. The van der Waals surface area contributed by atoms with Gasteiger partial charge in [0.2, 0.25) is 5.91 Å². The minimum atomic E-state index is 0.188. The number of nitrogens with zero attached hydrogens (tertiary/aromatic N) is 2. The van der Waals surface area contributed by atoms with Gasteiger partial charge in [-0.3, -0.25) is 9.78 Å². The maximum atomic E-state index is 12.2. The Morgan fingerprint density at radius 2 is 2.17 bits per heavy atom. The minimum absolute atomic E-state index is 0.188. The third-order valence-corrected chi connectivity index (χ3v) is 3.38. The van der Waals surface area contributed by atoms with Crippen LogP contribution in [0, 0.1) is 0 Å². The molecule has 18 heavy (non-hydrogen) atoms. The topological polar surface area (TPSA) is 49.0 Å². The zero-order valence-electron chi connectivity index (χ0n) is 10.1. The summed E-state index contributed by atoms with van der Waals surface area (Å²) in [5, 5.41) is 0. The second-order valence-electron chi connectivity index (χ2n) is 4.58. The molecule has 1 N–H and O–H groups in total. The lowest BCUT2D eigenvalue weighted by atomic mass is 10.1. The van der Waals surface area contributed by atoms with Crippen LogP contribution in [0.25, 0.3) is 0 Å². The van der Waals surface area contributed by atoms with Crippen LogP contribution in [0.4, 0.5) is 0 Å². The maximum Gasteiger partial charge on any atom is 0.227 e. The van der Waals surface area contributed by atoms with Crippen LogP contribution in [0.2, 0.25) is 0 Å². The molecule has 1 amide bonds. The van der Waals surface area contributed by atoms with Gasteiger partial charge >= 0.3 is 0 Å². The Morgan fingerprint density at radius 3 is 3.00 bits per heavy atom. The van der Waals surface area contributed by atoms with Gasteiger partial charge in [0.1, 0.15) is 0 Å². The Hall–Kier alpha value is -2.10. The molecule has 0 saturated carbocycles. The first-order valence-corrected chi connectivity index (χ1v) is 6.15. The molecule has 0 bridgehead atoms. The summed E-state index contributed by atoms with van der Waals surface area (Å²) in [7, 11) is 0. The largest absolute Gasteiger partial charge is 0.365 e. The summed E-state index contributed by atoms with van der Waals surface area (Å²) in [6, 6.07) is 5.84. The van der Waals surface area contributed by atoms with Crippen molar-refractivity contribution in [2.45, 2.75) is 19.4 Å². The Bertz CT molecular complexity index is 547. The molecule has 0 radical (unpaired) electrons. The van der Waals surface area contributed by atoms with Gasteiger partial charge in [-0.1, -0.05) is 0 Å². The number of aromatic nitrogens is 2. The van der Waals surface area contributed by atoms with Gasteiger partial charge in [-0.15, -0.1) is 0 Å². The van der Waals surface area contributed by atoms with Crippen LogP contribution in [-0.2, 0) is 24.2 Å². The predicted octanol–water partition coefficient (Wildman–Crippen LogP) is 1.54. The Labute approximate surface area is 106 Å². The minimum Gasteiger partial charge on any atom is -0.365 e. The van der Waals surface area contributed by atoms with Gasteiger partial charge in [-0.25, -0.2) is 0 Å². The molecule has 3 rings (SSSR count). The first-order chi connectivity index (χ1) is 8.83. The molecule has 0 atom stereocenters. The lowest BCUT2D eigenvalue weighted by Gasteiger charge is -2.27. The zero-order chi connectivity index (χ0) is 12.4. The van der Waals surface area contributed by atoms with E-state index in [1.807, 2.05) is 23.2 Å². The summed E-state index contributed by atoms with van der Waals surface area (Å²) in [6.45, 7) is 1.53. The summed E-state index contributed by atoms with van der Waals surface area (Å²) in [4.78, 5) is 21.3. The van der Waals surface area contributed by atoms with Gasteiger partial charge in [0.25, 0.3) is 0 Å². The second kappa shape index (κ2) is 4.64. The van der Waals surface area contributed by atoms with Crippen LogP contribution in [0.3, 0.4) is 0 Å². The summed E-state index contributed by atoms with van der Waals surface area (Å²) >= 11 is 0. The summed E-state index contributed by atoms with van der Waals surface area (Å²) < 4.78 is 0. The molecule has 2 aromatic rings. The van der Waals surface area contributed by atoms with Crippen molar-refractivity contribution in [3.63, 3.8) is 0 Å². The van der Waals surface area contributed by atoms with E-state index in [-0.39, 0.29) is 5.91 Å². The molecule has 4 nitrogen and oxygen atoms in total. The summed E-state index contributed by atoms with van der Waals surface area (Å²) in [6.07, 6.45) is 6.78. The van der Waals surface area contributed by atoms with Gasteiger partial charge < -0.3 is 9.88 Å². The number of carbonyl (C=O) groups excluding carboxylic acids is 1. The van der Waals surface area contributed by atoms with E-state index in [0.717, 1.165) is 25.1 Å². The monoisotopic (exact) mass is 241 g/mol. The van der Waals surface area contributed by atoms with Crippen molar-refractivity contribution in [2.75, 3.05) is 6.54 Å². The first-order valence-electron chi connectivity index (χ1n) is 6.15. The lowest BCUT2D eigenvalue weighted by molar-refractivity contribution is -0.131. The summed E-state index contributed by atoms with van der Waals surface area (Å²) in [5.41, 5.74) is 3.53. The van der Waals surface area contributed by atoms with Crippen LogP contribution in [0.5, 0.6) is 0 Å². The van der Waals surface area contributed by atoms with Gasteiger partial charge in [0.15, 0.2) is 0 Å². The standard InChI is InChI=1S/C14H15N3O/c18-14(9-11-1-5-15-6-2-11)17-8-4-13-12(10-17)3-7-16-13/h1-3,5-7,16H,4,8-10H2. The van der Waals surface area contributed by atoms with E-state index in [9.17, 15) is 4.79 Å². The molecule has 1 aliphatic heterocycles. The fourth-order valence-corrected chi connectivity index (χ4v) is 2.35. The van der Waals surface area contributed by atoms with E-state index in [4.69, 9.17) is 0 Å². The Kier molecular flexibility index (Phi) is 2.84. The molecule has 3 heterocycles. The van der Waals surface area contributed by atoms with Crippen molar-refractivity contribution in [1.82, 2.24) is 14.9 Å². The van der Waals surface area contributed by atoms with Crippen molar-refractivity contribution >= 4 is 5.91 Å². The molecule has 4 heteroatoms. The van der Waals surface area contributed by atoms with Crippen LogP contribution in [0.15, 0.2) is 36.8 Å². The predicted molar refractivity (Wildman–Crippen MR) is 67.9 cm³/mol. The zero-order valence-corrected chi connectivity index (χ0v) is 10.1. The number of fused-ring (bicyclic) bond motifs is 1. The number of amides is 1. The highest BCUT2D eigenvalue weighted by atomic mass is 16.2. The van der Waals surface area contributed by atoms with Crippen LogP contribution < -0.4 is 0 Å². The van der Waals surface area contributed by atoms with Crippen molar-refractivity contribution < 1.29 is 4.79 Å². The van der Waals surface area contributed by atoms with E-state index in [1.54, 1.807) is 12.4 Å². The third kappa shape index (κ3) is 2.14. The van der Waals surface area contributed by atoms with E-state index >= 15 is 0 Å². The highest BCUT2D eigenvalue weighted by molar-refractivity contribution is 5.79. The average Bonchev–Trinajstić information content (AvgIpc) is 2.87. The molecule has 1 aliphatic rings. The highest BCUT2D eigenvalue weighted by Crippen LogP contribution is 2.18. The number of hydrogen-bond acceptors (Lipinski definition) is 2. The van der Waals surface area contributed by atoms with E-state index in [1.165, 1.54) is 11.3 Å². The smallest absolute Gasteiger partial charge is 0.227 e. The number of H-pyrrole nitrogens is 1. The molecule has 0 saturated heterocycles. The molecule has 0 unspecified atom stereocenters. The Morgan fingerprint density at radius 1 is 1.33 bits per heavy atom. The van der Waals surface area contributed by atoms with Crippen molar-refractivity contribution in [3.05, 3.63) is 53.6 Å². The molecular weight excluding hydrogens is 226 g/mol. The number of hydrogen-bond donors (Lipinski definition) is 1. The highest BCUT2D eigenvalue weighted by Gasteiger charge is 2.21. The molecule has 2 aromatic heterocycles. The molecule has 0 fully saturated rings. The van der Waals surface area contributed by atoms with Crippen LogP contribution in [0.1, 0.15) is 16.8 Å². The second-order valence-corrected chi connectivity index (χ2v) is 4.58. The van der Waals surface area contributed by atoms with Gasteiger partial charge in [-0.2, -0.15) is 0 Å². The molecular formula is C14H15N3O. The van der Waals surface area contributed by atoms with Gasteiger partial charge in [0, 0.05) is 43.8 Å². The van der Waals surface area contributed by atoms with Gasteiger partial charge in [-0.05, 0) is 29.3 Å². The van der Waals surface area contributed by atoms with Crippen molar-refractivity contribution in [2.24, 2.45) is 0 Å². The fraction of sp³-hybridized carbons (Fsp3) is 0.286. The van der Waals surface area contributed by atoms with E-state index < -0.39 is 0 Å². The number of aromatic amines is 1. The number of rotatable bonds is 2. The van der Waals surface area contributed by atoms with Gasteiger partial charge in [0.05, 0.1) is 6.42 Å². The molecule has 0 aromatic carbocycles. The van der Waals surface area contributed by atoms with E-state index in [2.05, 4.69) is 16.0 Å². The van der Waals surface area contributed by atoms with Crippen molar-refractivity contribution in [1.29, 1.82) is 0 Å². The number of nitrogens with one attached hydrogen (secondary N) is 1. The van der Waals surface area contributed by atoms with Crippen LogP contribution >= 0.6 is 0 Å². The number of carbonyl (C=O) groups is 1. The van der Waals surface area contributed by atoms with E-state index in [0.29, 0.717) is 6.42 Å². The van der Waals surface area contributed by atoms with Crippen molar-refractivity contribution in [3.8, 4) is 0 Å². The maximum absolute atomic E-state index is 12.2. The SMILES string of the molecule is O=C(Cc1ccncc1)N1CCc2[nH]ccc2C1. The molecule has 92 valence electrons. The average molecular weight is 241 g/mol. The third-order valence-electron chi connectivity index (χ3n) is 3.38. The summed E-state index contributed by atoms with van der Waals surface area (Å²) in [5.74, 6) is 0.188. The number of pyridine rings is 1.